The average Bonchev–Trinajstić information content (AvgIpc) is 3.27. The van der Waals surface area contributed by atoms with Crippen LogP contribution in [0.5, 0.6) is 5.75 Å². The lowest BCUT2D eigenvalue weighted by atomic mass is 10.0. The van der Waals surface area contributed by atoms with E-state index in [-0.39, 0.29) is 13.2 Å². The molecular formula is C36H51NO6. The summed E-state index contributed by atoms with van der Waals surface area (Å²) in [5.74, 6) is -0.460. The third-order valence-electron chi connectivity index (χ3n) is 7.98. The van der Waals surface area contributed by atoms with Crippen molar-refractivity contribution in [1.82, 2.24) is 4.90 Å². The highest BCUT2D eigenvalue weighted by Gasteiger charge is 2.40. The van der Waals surface area contributed by atoms with Crippen molar-refractivity contribution in [2.24, 2.45) is 0 Å². The fourth-order valence-electron chi connectivity index (χ4n) is 5.49. The molecule has 43 heavy (non-hydrogen) atoms. The van der Waals surface area contributed by atoms with Crippen LogP contribution in [0.1, 0.15) is 130 Å². The number of benzene rings is 2. The first-order valence-electron chi connectivity index (χ1n) is 16.6. The van der Waals surface area contributed by atoms with E-state index in [4.69, 9.17) is 14.2 Å². The van der Waals surface area contributed by atoms with Crippen molar-refractivity contribution in [2.75, 3.05) is 19.8 Å². The van der Waals surface area contributed by atoms with Crippen LogP contribution in [0.3, 0.4) is 0 Å². The largest absolute Gasteiger partial charge is 0.513 e. The zero-order valence-corrected chi connectivity index (χ0v) is 26.1. The van der Waals surface area contributed by atoms with Gasteiger partial charge in [-0.3, -0.25) is 14.5 Å². The van der Waals surface area contributed by atoms with Gasteiger partial charge in [0.15, 0.2) is 0 Å². The van der Waals surface area contributed by atoms with Gasteiger partial charge < -0.3 is 14.2 Å². The molecule has 0 spiro atoms. The summed E-state index contributed by atoms with van der Waals surface area (Å²) in [4.78, 5) is 39.5. The molecule has 2 aromatic rings. The fraction of sp³-hybridized carbons (Fsp3) is 0.583. The average molecular weight is 594 g/mol. The van der Waals surface area contributed by atoms with E-state index in [9.17, 15) is 14.4 Å². The maximum atomic E-state index is 13.1. The number of imide groups is 1. The van der Waals surface area contributed by atoms with Crippen LogP contribution in [0.15, 0.2) is 54.6 Å². The summed E-state index contributed by atoms with van der Waals surface area (Å²) in [6.45, 7) is 2.66. The Labute approximate surface area is 258 Å². The van der Waals surface area contributed by atoms with Crippen LogP contribution in [0.4, 0.5) is 4.79 Å². The Balaban J connectivity index is 1.29. The van der Waals surface area contributed by atoms with Crippen LogP contribution in [-0.4, -0.2) is 48.7 Å². The number of unbranched alkanes of at least 4 members (excludes halogenated alkanes) is 15. The van der Waals surface area contributed by atoms with Gasteiger partial charge in [0, 0.05) is 6.61 Å². The highest BCUT2D eigenvalue weighted by Crippen LogP contribution is 2.25. The number of carbonyl (C=O) groups is 3. The molecule has 2 aromatic carbocycles. The van der Waals surface area contributed by atoms with E-state index in [0.717, 1.165) is 17.7 Å². The Kier molecular flexibility index (Phi) is 16.5. The quantitative estimate of drug-likeness (QED) is 0.0553. The molecule has 1 aliphatic heterocycles. The van der Waals surface area contributed by atoms with Gasteiger partial charge in [0.2, 0.25) is 0 Å². The molecule has 0 N–H and O–H groups in total. The van der Waals surface area contributed by atoms with Crippen LogP contribution in [-0.2, 0) is 9.47 Å². The molecule has 0 aliphatic carbocycles. The second kappa shape index (κ2) is 20.7. The molecule has 1 heterocycles. The van der Waals surface area contributed by atoms with Gasteiger partial charge in [-0.15, -0.1) is 0 Å². The Morgan fingerprint density at radius 1 is 0.628 bits per heavy atom. The number of fused-ring (bicyclic) bond motifs is 1. The predicted molar refractivity (Wildman–Crippen MR) is 170 cm³/mol. The van der Waals surface area contributed by atoms with E-state index < -0.39 is 24.0 Å². The normalized spacial score (nSPS) is 13.3. The SMILES string of the molecule is CCCCCCCCCCCCCCCCCCOCC(COC(=O)Oc1ccccc1)N1C(=O)c2ccccc2C1=O. The molecule has 1 unspecified atom stereocenters. The number of amides is 2. The predicted octanol–water partition coefficient (Wildman–Crippen LogP) is 9.14. The number of rotatable bonds is 23. The van der Waals surface area contributed by atoms with Crippen LogP contribution in [0.25, 0.3) is 0 Å². The van der Waals surface area contributed by atoms with E-state index in [2.05, 4.69) is 6.92 Å². The van der Waals surface area contributed by atoms with Crippen LogP contribution in [0, 0.1) is 0 Å². The zero-order chi connectivity index (χ0) is 30.5. The maximum Gasteiger partial charge on any atom is 0.513 e. The zero-order valence-electron chi connectivity index (χ0n) is 26.1. The number of para-hydroxylation sites is 1. The van der Waals surface area contributed by atoms with Crippen LogP contribution >= 0.6 is 0 Å². The molecule has 0 saturated heterocycles. The standard InChI is InChI=1S/C36H51NO6/c1-2-3-4-5-6-7-8-9-10-11-12-13-14-15-16-22-27-41-28-30(29-42-36(40)43-31-23-18-17-19-24-31)37-34(38)32-25-20-21-26-33(32)35(37)39/h17-21,23-26,30H,2-16,22,27-29H2,1H3. The minimum absolute atomic E-state index is 0.0861. The van der Waals surface area contributed by atoms with Crippen molar-refractivity contribution in [1.29, 1.82) is 0 Å². The molecule has 0 bridgehead atoms. The van der Waals surface area contributed by atoms with Gasteiger partial charge >= 0.3 is 6.16 Å². The molecule has 236 valence electrons. The Hall–Kier alpha value is -3.19. The minimum Gasteiger partial charge on any atom is -0.432 e. The molecule has 1 atom stereocenters. The molecule has 2 amide bonds. The van der Waals surface area contributed by atoms with Crippen molar-refractivity contribution in [3.8, 4) is 5.75 Å². The lowest BCUT2D eigenvalue weighted by molar-refractivity contribution is 0.0151. The number of carbonyl (C=O) groups excluding carboxylic acids is 3. The lowest BCUT2D eigenvalue weighted by Crippen LogP contribution is -2.46. The molecule has 1 aliphatic rings. The second-order valence-electron chi connectivity index (χ2n) is 11.5. The summed E-state index contributed by atoms with van der Waals surface area (Å²) in [6.07, 6.45) is 19.9. The summed E-state index contributed by atoms with van der Waals surface area (Å²) in [7, 11) is 0. The van der Waals surface area contributed by atoms with Crippen molar-refractivity contribution in [3.63, 3.8) is 0 Å². The van der Waals surface area contributed by atoms with Crippen molar-refractivity contribution in [3.05, 3.63) is 65.7 Å². The Morgan fingerprint density at radius 3 is 1.60 bits per heavy atom. The molecule has 3 rings (SSSR count). The number of hydrogen-bond donors (Lipinski definition) is 0. The van der Waals surface area contributed by atoms with Crippen LogP contribution < -0.4 is 4.74 Å². The molecule has 7 heteroatoms. The third kappa shape index (κ3) is 12.5. The highest BCUT2D eigenvalue weighted by molar-refractivity contribution is 6.21. The van der Waals surface area contributed by atoms with Crippen molar-refractivity contribution in [2.45, 2.75) is 116 Å². The lowest BCUT2D eigenvalue weighted by Gasteiger charge is -2.25. The molecule has 0 saturated carbocycles. The van der Waals surface area contributed by atoms with E-state index >= 15 is 0 Å². The van der Waals surface area contributed by atoms with Gasteiger partial charge in [0.25, 0.3) is 11.8 Å². The number of hydrogen-bond acceptors (Lipinski definition) is 6. The molecule has 0 radical (unpaired) electrons. The molecular weight excluding hydrogens is 542 g/mol. The van der Waals surface area contributed by atoms with E-state index in [1.807, 2.05) is 6.07 Å². The third-order valence-corrected chi connectivity index (χ3v) is 7.98. The summed E-state index contributed by atoms with van der Waals surface area (Å²) in [6, 6.07) is 14.6. The highest BCUT2D eigenvalue weighted by atomic mass is 16.7. The van der Waals surface area contributed by atoms with Gasteiger partial charge in [-0.2, -0.15) is 0 Å². The van der Waals surface area contributed by atoms with Gasteiger partial charge in [-0.1, -0.05) is 134 Å². The van der Waals surface area contributed by atoms with Crippen molar-refractivity contribution >= 4 is 18.0 Å². The Morgan fingerprint density at radius 2 is 1.09 bits per heavy atom. The first-order valence-corrected chi connectivity index (χ1v) is 16.6. The maximum absolute atomic E-state index is 13.1. The smallest absolute Gasteiger partial charge is 0.432 e. The van der Waals surface area contributed by atoms with Gasteiger partial charge in [-0.25, -0.2) is 4.79 Å². The first-order chi connectivity index (χ1) is 21.1. The number of nitrogens with zero attached hydrogens (tertiary/aromatic N) is 1. The van der Waals surface area contributed by atoms with Gasteiger partial charge in [-0.05, 0) is 30.7 Å². The first kappa shape index (κ1) is 34.3. The molecule has 0 fully saturated rings. The number of ether oxygens (including phenoxy) is 3. The van der Waals surface area contributed by atoms with Crippen LogP contribution in [0.2, 0.25) is 0 Å². The fourth-order valence-corrected chi connectivity index (χ4v) is 5.49. The minimum atomic E-state index is -0.898. The summed E-state index contributed by atoms with van der Waals surface area (Å²) in [5.41, 5.74) is 0.698. The van der Waals surface area contributed by atoms with Gasteiger partial charge in [0.05, 0.1) is 23.8 Å². The van der Waals surface area contributed by atoms with Gasteiger partial charge in [0.1, 0.15) is 12.4 Å². The summed E-state index contributed by atoms with van der Waals surface area (Å²) >= 11 is 0. The molecule has 7 nitrogen and oxygen atoms in total. The van der Waals surface area contributed by atoms with E-state index in [1.54, 1.807) is 48.5 Å². The Bertz CT molecular complexity index is 1050. The van der Waals surface area contributed by atoms with Crippen molar-refractivity contribution < 1.29 is 28.6 Å². The summed E-state index contributed by atoms with van der Waals surface area (Å²) in [5, 5.41) is 0. The second-order valence-corrected chi connectivity index (χ2v) is 11.5. The summed E-state index contributed by atoms with van der Waals surface area (Å²) < 4.78 is 16.4. The topological polar surface area (TPSA) is 82.1 Å². The van der Waals surface area contributed by atoms with E-state index in [1.165, 1.54) is 89.9 Å². The monoisotopic (exact) mass is 593 g/mol. The van der Waals surface area contributed by atoms with E-state index in [0.29, 0.717) is 23.5 Å². The molecule has 0 aromatic heterocycles.